The molecule has 3 rings (SSSR count). The van der Waals surface area contributed by atoms with E-state index >= 15 is 0 Å². The summed E-state index contributed by atoms with van der Waals surface area (Å²) >= 11 is 0. The first kappa shape index (κ1) is 14.2. The fourth-order valence-corrected chi connectivity index (χ4v) is 2.32. The van der Waals surface area contributed by atoms with Gasteiger partial charge in [-0.2, -0.15) is 0 Å². The lowest BCUT2D eigenvalue weighted by molar-refractivity contribution is -0.118. The molecule has 2 heterocycles. The second-order valence-electron chi connectivity index (χ2n) is 5.22. The van der Waals surface area contributed by atoms with Gasteiger partial charge in [0.2, 0.25) is 0 Å². The molecule has 0 saturated heterocycles. The van der Waals surface area contributed by atoms with Crippen LogP contribution in [0.4, 0.5) is 5.69 Å². The van der Waals surface area contributed by atoms with Crippen molar-refractivity contribution in [1.29, 1.82) is 0 Å². The Labute approximate surface area is 127 Å². The Morgan fingerprint density at radius 1 is 1.36 bits per heavy atom. The fourth-order valence-electron chi connectivity index (χ4n) is 2.32. The highest BCUT2D eigenvalue weighted by molar-refractivity contribution is 5.95. The van der Waals surface area contributed by atoms with Crippen LogP contribution in [0.15, 0.2) is 34.9 Å². The SMILES string of the molecule is Cc1ccoc1C(=O)NC(C)c1ccc2c(c1)NC(=O)CO2. The van der Waals surface area contributed by atoms with E-state index in [0.29, 0.717) is 17.2 Å². The van der Waals surface area contributed by atoms with Crippen LogP contribution in [0.3, 0.4) is 0 Å². The molecular formula is C16H16N2O4. The number of benzene rings is 1. The standard InChI is InChI=1S/C16H16N2O4/c1-9-5-6-21-15(9)16(20)17-10(2)11-3-4-13-12(7-11)18-14(19)8-22-13/h3-7,10H,8H2,1-2H3,(H,17,20)(H,18,19). The summed E-state index contributed by atoms with van der Waals surface area (Å²) in [7, 11) is 0. The zero-order valence-corrected chi connectivity index (χ0v) is 12.3. The highest BCUT2D eigenvalue weighted by Gasteiger charge is 2.19. The number of carbonyl (C=O) groups excluding carboxylic acids is 2. The highest BCUT2D eigenvalue weighted by Crippen LogP contribution is 2.30. The molecule has 0 spiro atoms. The van der Waals surface area contributed by atoms with E-state index in [1.54, 1.807) is 18.2 Å². The minimum Gasteiger partial charge on any atom is -0.482 e. The van der Waals surface area contributed by atoms with Crippen molar-refractivity contribution in [3.8, 4) is 5.75 Å². The van der Waals surface area contributed by atoms with Crippen LogP contribution in [0, 0.1) is 6.92 Å². The van der Waals surface area contributed by atoms with Gasteiger partial charge in [0.05, 0.1) is 18.0 Å². The van der Waals surface area contributed by atoms with E-state index in [4.69, 9.17) is 9.15 Å². The summed E-state index contributed by atoms with van der Waals surface area (Å²) in [6, 6.07) is 6.94. The van der Waals surface area contributed by atoms with Gasteiger partial charge in [-0.25, -0.2) is 0 Å². The van der Waals surface area contributed by atoms with Gasteiger partial charge in [-0.1, -0.05) is 6.07 Å². The summed E-state index contributed by atoms with van der Waals surface area (Å²) in [6.45, 7) is 3.70. The van der Waals surface area contributed by atoms with E-state index in [1.165, 1.54) is 6.26 Å². The zero-order valence-electron chi connectivity index (χ0n) is 12.3. The number of rotatable bonds is 3. The second kappa shape index (κ2) is 5.55. The molecule has 0 radical (unpaired) electrons. The fraction of sp³-hybridized carbons (Fsp3) is 0.250. The average Bonchev–Trinajstić information content (AvgIpc) is 2.92. The van der Waals surface area contributed by atoms with Gasteiger partial charge in [-0.05, 0) is 37.6 Å². The number of fused-ring (bicyclic) bond motifs is 1. The maximum absolute atomic E-state index is 12.2. The molecule has 0 saturated carbocycles. The Balaban J connectivity index is 1.76. The summed E-state index contributed by atoms with van der Waals surface area (Å²) in [6.07, 6.45) is 1.49. The van der Waals surface area contributed by atoms with Gasteiger partial charge >= 0.3 is 0 Å². The molecule has 1 unspecified atom stereocenters. The number of aryl methyl sites for hydroxylation is 1. The van der Waals surface area contributed by atoms with E-state index in [0.717, 1.165) is 11.1 Å². The molecule has 2 N–H and O–H groups in total. The minimum absolute atomic E-state index is 0.0242. The molecular weight excluding hydrogens is 284 g/mol. The molecule has 2 amide bonds. The quantitative estimate of drug-likeness (QED) is 0.912. The van der Waals surface area contributed by atoms with E-state index < -0.39 is 0 Å². The lowest BCUT2D eigenvalue weighted by Crippen LogP contribution is -2.28. The van der Waals surface area contributed by atoms with Gasteiger partial charge in [0, 0.05) is 5.56 Å². The Morgan fingerprint density at radius 3 is 2.91 bits per heavy atom. The van der Waals surface area contributed by atoms with Crippen molar-refractivity contribution in [2.75, 3.05) is 11.9 Å². The van der Waals surface area contributed by atoms with Crippen LogP contribution in [0.5, 0.6) is 5.75 Å². The van der Waals surface area contributed by atoms with E-state index in [2.05, 4.69) is 10.6 Å². The topological polar surface area (TPSA) is 80.6 Å². The molecule has 1 aromatic heterocycles. The van der Waals surface area contributed by atoms with Crippen molar-refractivity contribution < 1.29 is 18.7 Å². The van der Waals surface area contributed by atoms with E-state index in [1.807, 2.05) is 19.9 Å². The molecule has 1 atom stereocenters. The van der Waals surface area contributed by atoms with Crippen LogP contribution in [0.1, 0.15) is 34.6 Å². The summed E-state index contributed by atoms with van der Waals surface area (Å²) in [5.41, 5.74) is 2.27. The average molecular weight is 300 g/mol. The maximum atomic E-state index is 12.2. The van der Waals surface area contributed by atoms with Crippen LogP contribution in [0.2, 0.25) is 0 Å². The normalized spacial score (nSPS) is 14.5. The Bertz CT molecular complexity index is 735. The predicted octanol–water partition coefficient (Wildman–Crippen LogP) is 2.41. The summed E-state index contributed by atoms with van der Waals surface area (Å²) in [5, 5.41) is 5.62. The van der Waals surface area contributed by atoms with Gasteiger partial charge in [0.15, 0.2) is 12.4 Å². The molecule has 1 aromatic carbocycles. The third-order valence-electron chi connectivity index (χ3n) is 3.55. The number of ether oxygens (including phenoxy) is 1. The first-order valence-corrected chi connectivity index (χ1v) is 6.96. The third-order valence-corrected chi connectivity index (χ3v) is 3.55. The minimum atomic E-state index is -0.270. The smallest absolute Gasteiger partial charge is 0.287 e. The van der Waals surface area contributed by atoms with Crippen molar-refractivity contribution in [1.82, 2.24) is 5.32 Å². The van der Waals surface area contributed by atoms with Crippen molar-refractivity contribution in [2.45, 2.75) is 19.9 Å². The molecule has 6 heteroatoms. The maximum Gasteiger partial charge on any atom is 0.287 e. The van der Waals surface area contributed by atoms with E-state index in [9.17, 15) is 9.59 Å². The van der Waals surface area contributed by atoms with Crippen LogP contribution in [-0.2, 0) is 4.79 Å². The number of hydrogen-bond acceptors (Lipinski definition) is 4. The zero-order chi connectivity index (χ0) is 15.7. The summed E-state index contributed by atoms with van der Waals surface area (Å²) in [5.74, 6) is 0.478. The Morgan fingerprint density at radius 2 is 2.18 bits per heavy atom. The second-order valence-corrected chi connectivity index (χ2v) is 5.22. The first-order valence-electron chi connectivity index (χ1n) is 6.96. The first-order chi connectivity index (χ1) is 10.5. The molecule has 1 aliphatic heterocycles. The monoisotopic (exact) mass is 300 g/mol. The van der Waals surface area contributed by atoms with Crippen molar-refractivity contribution in [3.63, 3.8) is 0 Å². The predicted molar refractivity (Wildman–Crippen MR) is 79.9 cm³/mol. The lowest BCUT2D eigenvalue weighted by atomic mass is 10.1. The van der Waals surface area contributed by atoms with Gasteiger partial charge < -0.3 is 19.8 Å². The highest BCUT2D eigenvalue weighted by atomic mass is 16.5. The molecule has 0 bridgehead atoms. The lowest BCUT2D eigenvalue weighted by Gasteiger charge is -2.20. The molecule has 22 heavy (non-hydrogen) atoms. The van der Waals surface area contributed by atoms with Crippen molar-refractivity contribution in [2.24, 2.45) is 0 Å². The van der Waals surface area contributed by atoms with Crippen molar-refractivity contribution >= 4 is 17.5 Å². The van der Waals surface area contributed by atoms with Crippen LogP contribution < -0.4 is 15.4 Å². The van der Waals surface area contributed by atoms with Crippen LogP contribution >= 0.6 is 0 Å². The van der Waals surface area contributed by atoms with Gasteiger partial charge in [0.25, 0.3) is 11.8 Å². The number of hydrogen-bond donors (Lipinski definition) is 2. The van der Waals surface area contributed by atoms with Crippen LogP contribution in [-0.4, -0.2) is 18.4 Å². The molecule has 6 nitrogen and oxygen atoms in total. The summed E-state index contributed by atoms with van der Waals surface area (Å²) < 4.78 is 10.5. The van der Waals surface area contributed by atoms with Gasteiger partial charge in [0.1, 0.15) is 5.75 Å². The number of anilines is 1. The number of amides is 2. The molecule has 0 fully saturated rings. The molecule has 1 aliphatic rings. The van der Waals surface area contributed by atoms with Crippen LogP contribution in [0.25, 0.3) is 0 Å². The van der Waals surface area contributed by atoms with Crippen molar-refractivity contribution in [3.05, 3.63) is 47.4 Å². The third kappa shape index (κ3) is 2.67. The largest absolute Gasteiger partial charge is 0.482 e. The Kier molecular flexibility index (Phi) is 3.58. The number of furan rings is 1. The Hall–Kier alpha value is -2.76. The summed E-state index contributed by atoms with van der Waals surface area (Å²) in [4.78, 5) is 23.5. The van der Waals surface area contributed by atoms with Gasteiger partial charge in [-0.15, -0.1) is 0 Å². The number of nitrogens with one attached hydrogen (secondary N) is 2. The molecule has 2 aromatic rings. The molecule has 0 aliphatic carbocycles. The van der Waals surface area contributed by atoms with Gasteiger partial charge in [-0.3, -0.25) is 9.59 Å². The number of carbonyl (C=O) groups is 2. The molecule has 114 valence electrons. The van der Waals surface area contributed by atoms with E-state index in [-0.39, 0.29) is 24.5 Å².